The fourth-order valence-corrected chi connectivity index (χ4v) is 7.67. The molecule has 0 saturated heterocycles. The lowest BCUT2D eigenvalue weighted by atomic mass is 9.47. The van der Waals surface area contributed by atoms with Crippen molar-refractivity contribution in [2.24, 2.45) is 22.7 Å². The van der Waals surface area contributed by atoms with E-state index in [4.69, 9.17) is 4.74 Å². The minimum absolute atomic E-state index is 0.0103. The molecule has 0 bridgehead atoms. The number of carbonyl (C=O) groups excluding carboxylic acids is 3. The van der Waals surface area contributed by atoms with Gasteiger partial charge < -0.3 is 4.74 Å². The van der Waals surface area contributed by atoms with Crippen LogP contribution in [-0.4, -0.2) is 24.1 Å². The number of benzene rings is 2. The topological polar surface area (TPSA) is 60.4 Å². The van der Waals surface area contributed by atoms with E-state index in [1.54, 1.807) is 18.2 Å². The van der Waals surface area contributed by atoms with E-state index in [0.717, 1.165) is 50.5 Å². The number of ketones is 2. The summed E-state index contributed by atoms with van der Waals surface area (Å²) in [7, 11) is 0. The van der Waals surface area contributed by atoms with Crippen LogP contribution in [0.4, 0.5) is 0 Å². The second-order valence-electron chi connectivity index (χ2n) is 11.7. The van der Waals surface area contributed by atoms with Crippen LogP contribution in [0.3, 0.4) is 0 Å². The molecule has 2 fully saturated rings. The SMILES string of the molecule is C=C1CCC2[C@@](C)(COC(C)=O)CCC[C@]2(C)[C@H]1CCc1ccc2c(c1)C(=O)c1ccccc1C2=O. The number of aryl methyl sites for hydroxylation is 1. The molecular weight excluding hydrogens is 448 g/mol. The van der Waals surface area contributed by atoms with E-state index >= 15 is 0 Å². The Hall–Kier alpha value is -3.01. The zero-order chi connectivity index (χ0) is 25.7. The van der Waals surface area contributed by atoms with Crippen molar-refractivity contribution in [3.05, 3.63) is 82.4 Å². The largest absolute Gasteiger partial charge is 0.465 e. The predicted octanol–water partition coefficient (Wildman–Crippen LogP) is 6.74. The molecule has 0 aromatic heterocycles. The summed E-state index contributed by atoms with van der Waals surface area (Å²) >= 11 is 0. The molecule has 0 radical (unpaired) electrons. The first-order valence-corrected chi connectivity index (χ1v) is 13.3. The van der Waals surface area contributed by atoms with Crippen molar-refractivity contribution in [3.63, 3.8) is 0 Å². The highest BCUT2D eigenvalue weighted by Gasteiger charge is 2.54. The maximum absolute atomic E-state index is 13.2. The Morgan fingerprint density at radius 1 is 1.00 bits per heavy atom. The van der Waals surface area contributed by atoms with E-state index in [2.05, 4.69) is 20.4 Å². The molecule has 3 aliphatic carbocycles. The van der Waals surface area contributed by atoms with Crippen LogP contribution in [0.5, 0.6) is 0 Å². The number of allylic oxidation sites excluding steroid dienone is 1. The van der Waals surface area contributed by atoms with Crippen LogP contribution in [0.25, 0.3) is 0 Å². The van der Waals surface area contributed by atoms with Gasteiger partial charge >= 0.3 is 5.97 Å². The summed E-state index contributed by atoms with van der Waals surface area (Å²) in [4.78, 5) is 37.7. The van der Waals surface area contributed by atoms with Crippen LogP contribution in [0.2, 0.25) is 0 Å². The number of hydrogen-bond acceptors (Lipinski definition) is 4. The Bertz CT molecular complexity index is 1260. The highest BCUT2D eigenvalue weighted by Crippen LogP contribution is 2.62. The van der Waals surface area contributed by atoms with Gasteiger partial charge in [-0.15, -0.1) is 0 Å². The van der Waals surface area contributed by atoms with E-state index in [0.29, 0.717) is 40.7 Å². The molecule has 36 heavy (non-hydrogen) atoms. The average Bonchev–Trinajstić information content (AvgIpc) is 2.85. The first-order chi connectivity index (χ1) is 17.1. The van der Waals surface area contributed by atoms with Gasteiger partial charge in [0, 0.05) is 34.6 Å². The van der Waals surface area contributed by atoms with Gasteiger partial charge in [-0.25, -0.2) is 0 Å². The fourth-order valence-electron chi connectivity index (χ4n) is 7.67. The molecule has 4 heteroatoms. The van der Waals surface area contributed by atoms with Gasteiger partial charge in [0.25, 0.3) is 0 Å². The first kappa shape index (κ1) is 24.7. The Balaban J connectivity index is 1.37. The number of ether oxygens (including phenoxy) is 1. The molecule has 1 unspecified atom stereocenters. The second kappa shape index (κ2) is 9.14. The number of rotatable bonds is 5. The van der Waals surface area contributed by atoms with Crippen molar-refractivity contribution in [1.29, 1.82) is 0 Å². The smallest absolute Gasteiger partial charge is 0.302 e. The number of esters is 1. The number of hydrogen-bond donors (Lipinski definition) is 0. The summed E-state index contributed by atoms with van der Waals surface area (Å²) in [5.41, 5.74) is 4.53. The minimum atomic E-state index is -0.205. The molecule has 0 amide bonds. The molecule has 0 aliphatic heterocycles. The van der Waals surface area contributed by atoms with Gasteiger partial charge in [0.05, 0.1) is 6.61 Å². The summed E-state index contributed by atoms with van der Waals surface area (Å²) in [5.74, 6) is 0.514. The third-order valence-corrected chi connectivity index (χ3v) is 9.46. The van der Waals surface area contributed by atoms with Crippen molar-refractivity contribution in [1.82, 2.24) is 0 Å². The maximum Gasteiger partial charge on any atom is 0.302 e. The quantitative estimate of drug-likeness (QED) is 0.297. The Labute approximate surface area is 214 Å². The predicted molar refractivity (Wildman–Crippen MR) is 140 cm³/mol. The number of fused-ring (bicyclic) bond motifs is 3. The van der Waals surface area contributed by atoms with E-state index in [1.165, 1.54) is 12.5 Å². The van der Waals surface area contributed by atoms with Gasteiger partial charge in [-0.3, -0.25) is 14.4 Å². The molecule has 4 atom stereocenters. The molecule has 2 aromatic carbocycles. The Kier molecular flexibility index (Phi) is 6.26. The van der Waals surface area contributed by atoms with Crippen molar-refractivity contribution >= 4 is 17.5 Å². The van der Waals surface area contributed by atoms with Crippen molar-refractivity contribution in [2.75, 3.05) is 6.61 Å². The van der Waals surface area contributed by atoms with Crippen LogP contribution >= 0.6 is 0 Å². The summed E-state index contributed by atoms with van der Waals surface area (Å²) < 4.78 is 5.55. The van der Waals surface area contributed by atoms with E-state index < -0.39 is 0 Å². The van der Waals surface area contributed by atoms with Crippen LogP contribution in [-0.2, 0) is 16.0 Å². The summed E-state index contributed by atoms with van der Waals surface area (Å²) in [6.07, 6.45) is 7.28. The normalized spacial score (nSPS) is 29.2. The molecule has 2 aromatic rings. The minimum Gasteiger partial charge on any atom is -0.465 e. The molecule has 188 valence electrons. The van der Waals surface area contributed by atoms with Gasteiger partial charge in [0.2, 0.25) is 0 Å². The maximum atomic E-state index is 13.2. The average molecular weight is 485 g/mol. The monoisotopic (exact) mass is 484 g/mol. The first-order valence-electron chi connectivity index (χ1n) is 13.3. The molecule has 5 rings (SSSR count). The van der Waals surface area contributed by atoms with E-state index in [1.807, 2.05) is 24.3 Å². The van der Waals surface area contributed by atoms with Crippen LogP contribution in [0, 0.1) is 22.7 Å². The van der Waals surface area contributed by atoms with Crippen LogP contribution in [0.15, 0.2) is 54.6 Å². The lowest BCUT2D eigenvalue weighted by Gasteiger charge is -2.58. The van der Waals surface area contributed by atoms with Crippen molar-refractivity contribution in [2.45, 2.75) is 65.7 Å². The lowest BCUT2D eigenvalue weighted by molar-refractivity contribution is -0.152. The summed E-state index contributed by atoms with van der Waals surface area (Å²) in [5, 5.41) is 0. The number of carbonyl (C=O) groups is 3. The van der Waals surface area contributed by atoms with Gasteiger partial charge in [-0.2, -0.15) is 0 Å². The standard InChI is InChI=1S/C32H36O4/c1-20-10-15-28-31(3,19-36-21(2)33)16-7-17-32(28,4)27(20)14-12-22-11-13-25-26(18-22)30(35)24-9-6-5-8-23(24)29(25)34/h5-6,8-9,11,13,18,27-28H,1,7,10,12,14-17,19H2,2-4H3/t27-,28?,31+,32+/m0/s1. The van der Waals surface area contributed by atoms with Gasteiger partial charge in [-0.05, 0) is 67.4 Å². The Morgan fingerprint density at radius 2 is 1.67 bits per heavy atom. The fraction of sp³-hybridized carbons (Fsp3) is 0.469. The van der Waals surface area contributed by atoms with Crippen LogP contribution in [0.1, 0.15) is 96.7 Å². The molecular formula is C32H36O4. The summed E-state index contributed by atoms with van der Waals surface area (Å²) in [6.45, 7) is 11.2. The van der Waals surface area contributed by atoms with Gasteiger partial charge in [0.1, 0.15) is 0 Å². The molecule has 0 heterocycles. The molecule has 0 N–H and O–H groups in total. The van der Waals surface area contributed by atoms with Gasteiger partial charge in [0.15, 0.2) is 11.6 Å². The van der Waals surface area contributed by atoms with E-state index in [-0.39, 0.29) is 28.4 Å². The van der Waals surface area contributed by atoms with Crippen molar-refractivity contribution < 1.29 is 19.1 Å². The molecule has 4 nitrogen and oxygen atoms in total. The second-order valence-corrected chi connectivity index (χ2v) is 11.7. The lowest BCUT2D eigenvalue weighted by Crippen LogP contribution is -2.52. The van der Waals surface area contributed by atoms with E-state index in [9.17, 15) is 14.4 Å². The Morgan fingerprint density at radius 3 is 2.36 bits per heavy atom. The van der Waals surface area contributed by atoms with Gasteiger partial charge in [-0.1, -0.05) is 68.8 Å². The van der Waals surface area contributed by atoms with Crippen LogP contribution < -0.4 is 0 Å². The third kappa shape index (κ3) is 4.05. The zero-order valence-electron chi connectivity index (χ0n) is 21.7. The third-order valence-electron chi connectivity index (χ3n) is 9.46. The highest BCUT2D eigenvalue weighted by molar-refractivity contribution is 6.28. The molecule has 2 saturated carbocycles. The highest BCUT2D eigenvalue weighted by atomic mass is 16.5. The molecule has 0 spiro atoms. The molecule has 3 aliphatic rings. The van der Waals surface area contributed by atoms with Crippen molar-refractivity contribution in [3.8, 4) is 0 Å². The zero-order valence-corrected chi connectivity index (χ0v) is 21.7. The summed E-state index contributed by atoms with van der Waals surface area (Å²) in [6, 6.07) is 12.9.